The van der Waals surface area contributed by atoms with Crippen LogP contribution in [0.5, 0.6) is 0 Å². The Kier molecular flexibility index (Phi) is 4.27. The van der Waals surface area contributed by atoms with Gasteiger partial charge in [-0.1, -0.05) is 26.8 Å². The van der Waals surface area contributed by atoms with E-state index < -0.39 is 35.1 Å². The van der Waals surface area contributed by atoms with Crippen molar-refractivity contribution in [2.45, 2.75) is 39.1 Å². The first-order valence-electron chi connectivity index (χ1n) is 5.75. The first-order chi connectivity index (χ1) is 8.44. The number of hydrogen-bond donors (Lipinski definition) is 2. The molecule has 0 saturated heterocycles. The number of aliphatic hydroxyl groups excluding tert-OH is 1. The Balaban J connectivity index is 3.10. The van der Waals surface area contributed by atoms with Gasteiger partial charge in [-0.2, -0.15) is 13.2 Å². The van der Waals surface area contributed by atoms with Crippen LogP contribution in [0.3, 0.4) is 0 Å². The molecule has 0 aliphatic carbocycles. The zero-order chi connectivity index (χ0) is 15.0. The maximum atomic E-state index is 13.7. The van der Waals surface area contributed by atoms with Crippen molar-refractivity contribution < 1.29 is 22.7 Å². The fourth-order valence-corrected chi connectivity index (χ4v) is 1.68. The summed E-state index contributed by atoms with van der Waals surface area (Å²) in [6, 6.07) is 1.04. The van der Waals surface area contributed by atoms with Gasteiger partial charge in [0, 0.05) is 5.56 Å². The summed E-state index contributed by atoms with van der Waals surface area (Å²) in [4.78, 5) is 0. The fraction of sp³-hybridized carbons (Fsp3) is 0.538. The van der Waals surface area contributed by atoms with Crippen LogP contribution in [0.25, 0.3) is 0 Å². The summed E-state index contributed by atoms with van der Waals surface area (Å²) in [6.45, 7) is 5.12. The van der Waals surface area contributed by atoms with Gasteiger partial charge in [-0.25, -0.2) is 4.39 Å². The molecule has 0 heterocycles. The van der Waals surface area contributed by atoms with Gasteiger partial charge in [-0.05, 0) is 17.5 Å². The molecule has 0 bridgehead atoms. The van der Waals surface area contributed by atoms with E-state index in [2.05, 4.69) is 0 Å². The lowest BCUT2D eigenvalue weighted by atomic mass is 9.82. The number of rotatable bonds is 2. The number of aliphatic hydroxyl groups is 1. The van der Waals surface area contributed by atoms with Crippen molar-refractivity contribution in [1.29, 1.82) is 0 Å². The van der Waals surface area contributed by atoms with E-state index in [1.807, 2.05) is 0 Å². The van der Waals surface area contributed by atoms with Crippen molar-refractivity contribution in [3.8, 4) is 0 Å². The third-order valence-corrected chi connectivity index (χ3v) is 2.91. The molecule has 2 atom stereocenters. The molecule has 6 heteroatoms. The molecule has 0 radical (unpaired) electrons. The molecule has 2 nitrogen and oxygen atoms in total. The van der Waals surface area contributed by atoms with E-state index in [0.29, 0.717) is 6.07 Å². The Bertz CT molecular complexity index is 451. The van der Waals surface area contributed by atoms with Gasteiger partial charge in [-0.15, -0.1) is 0 Å². The molecule has 0 amide bonds. The van der Waals surface area contributed by atoms with Crippen molar-refractivity contribution >= 4 is 0 Å². The molecular formula is C13H17F4NO. The third kappa shape index (κ3) is 3.67. The Morgan fingerprint density at radius 1 is 1.16 bits per heavy atom. The highest BCUT2D eigenvalue weighted by Crippen LogP contribution is 2.33. The molecule has 0 aromatic heterocycles. The predicted molar refractivity (Wildman–Crippen MR) is 63.8 cm³/mol. The Morgan fingerprint density at radius 3 is 2.05 bits per heavy atom. The van der Waals surface area contributed by atoms with Crippen LogP contribution in [0.2, 0.25) is 0 Å². The molecule has 0 aliphatic heterocycles. The highest BCUT2D eigenvalue weighted by molar-refractivity contribution is 5.29. The molecule has 0 saturated carbocycles. The van der Waals surface area contributed by atoms with Gasteiger partial charge in [0.2, 0.25) is 0 Å². The molecule has 0 unspecified atom stereocenters. The smallest absolute Gasteiger partial charge is 0.391 e. The van der Waals surface area contributed by atoms with Crippen LogP contribution in [0.4, 0.5) is 17.6 Å². The first-order valence-corrected chi connectivity index (χ1v) is 5.75. The van der Waals surface area contributed by atoms with Crippen molar-refractivity contribution in [3.05, 3.63) is 35.1 Å². The highest BCUT2D eigenvalue weighted by Gasteiger charge is 2.34. The Morgan fingerprint density at radius 2 is 1.68 bits per heavy atom. The normalized spacial score (nSPS) is 16.3. The largest absolute Gasteiger partial charge is 0.416 e. The van der Waals surface area contributed by atoms with E-state index in [-0.39, 0.29) is 5.56 Å². The molecule has 108 valence electrons. The van der Waals surface area contributed by atoms with Crippen LogP contribution in [0.1, 0.15) is 37.9 Å². The Labute approximate surface area is 109 Å². The van der Waals surface area contributed by atoms with E-state index in [4.69, 9.17) is 5.73 Å². The summed E-state index contributed by atoms with van der Waals surface area (Å²) >= 11 is 0. The van der Waals surface area contributed by atoms with Gasteiger partial charge in [0.25, 0.3) is 0 Å². The highest BCUT2D eigenvalue weighted by atomic mass is 19.4. The average molecular weight is 279 g/mol. The zero-order valence-electron chi connectivity index (χ0n) is 10.9. The molecule has 0 fully saturated rings. The second-order valence-corrected chi connectivity index (χ2v) is 5.57. The minimum absolute atomic E-state index is 0.129. The minimum Gasteiger partial charge on any atom is -0.391 e. The molecule has 0 aliphatic rings. The van der Waals surface area contributed by atoms with E-state index in [1.165, 1.54) is 0 Å². The summed E-state index contributed by atoms with van der Waals surface area (Å²) in [5, 5.41) is 9.95. The van der Waals surface area contributed by atoms with Crippen LogP contribution >= 0.6 is 0 Å². The lowest BCUT2D eigenvalue weighted by molar-refractivity contribution is -0.137. The predicted octanol–water partition coefficient (Wildman–Crippen LogP) is 3.25. The molecule has 1 aromatic carbocycles. The summed E-state index contributed by atoms with van der Waals surface area (Å²) in [5.41, 5.74) is 3.90. The van der Waals surface area contributed by atoms with E-state index >= 15 is 0 Å². The van der Waals surface area contributed by atoms with Crippen LogP contribution in [0, 0.1) is 11.2 Å². The van der Waals surface area contributed by atoms with Gasteiger partial charge >= 0.3 is 6.18 Å². The summed E-state index contributed by atoms with van der Waals surface area (Å²) in [7, 11) is 0. The number of hydrogen-bond acceptors (Lipinski definition) is 2. The first kappa shape index (κ1) is 15.9. The van der Waals surface area contributed by atoms with Gasteiger partial charge in [0.15, 0.2) is 0 Å². The Hall–Kier alpha value is -1.14. The fourth-order valence-electron chi connectivity index (χ4n) is 1.68. The second kappa shape index (κ2) is 5.09. The van der Waals surface area contributed by atoms with Crippen molar-refractivity contribution in [1.82, 2.24) is 0 Å². The molecule has 19 heavy (non-hydrogen) atoms. The van der Waals surface area contributed by atoms with Crippen LogP contribution < -0.4 is 5.73 Å². The quantitative estimate of drug-likeness (QED) is 0.816. The summed E-state index contributed by atoms with van der Waals surface area (Å²) in [6.07, 6.45) is -5.68. The monoisotopic (exact) mass is 279 g/mol. The molecule has 1 aromatic rings. The number of benzene rings is 1. The maximum absolute atomic E-state index is 13.7. The van der Waals surface area contributed by atoms with Crippen molar-refractivity contribution in [2.75, 3.05) is 0 Å². The number of alkyl halides is 3. The number of halogens is 4. The van der Waals surface area contributed by atoms with Gasteiger partial charge < -0.3 is 10.8 Å². The zero-order valence-corrected chi connectivity index (χ0v) is 10.9. The van der Waals surface area contributed by atoms with Crippen molar-refractivity contribution in [3.63, 3.8) is 0 Å². The van der Waals surface area contributed by atoms with E-state index in [0.717, 1.165) is 12.1 Å². The minimum atomic E-state index is -4.61. The van der Waals surface area contributed by atoms with E-state index in [1.54, 1.807) is 20.8 Å². The van der Waals surface area contributed by atoms with E-state index in [9.17, 15) is 22.7 Å². The lowest BCUT2D eigenvalue weighted by Gasteiger charge is -2.31. The van der Waals surface area contributed by atoms with Crippen LogP contribution in [0.15, 0.2) is 18.2 Å². The second-order valence-electron chi connectivity index (χ2n) is 5.57. The average Bonchev–Trinajstić information content (AvgIpc) is 2.24. The lowest BCUT2D eigenvalue weighted by Crippen LogP contribution is -2.37. The SMILES string of the molecule is CC(C)(C)[C@@H](O)[C@@H](N)c1ccc(C(F)(F)F)cc1F. The summed E-state index contributed by atoms with van der Waals surface area (Å²) < 4.78 is 50.9. The maximum Gasteiger partial charge on any atom is 0.416 e. The molecule has 1 rings (SSSR count). The van der Waals surface area contributed by atoms with Crippen LogP contribution in [-0.2, 0) is 6.18 Å². The van der Waals surface area contributed by atoms with Gasteiger partial charge in [0.05, 0.1) is 17.7 Å². The van der Waals surface area contributed by atoms with Crippen molar-refractivity contribution in [2.24, 2.45) is 11.1 Å². The summed E-state index contributed by atoms with van der Waals surface area (Å²) in [5.74, 6) is -1.06. The molecule has 3 N–H and O–H groups in total. The van der Waals surface area contributed by atoms with Crippen LogP contribution in [-0.4, -0.2) is 11.2 Å². The topological polar surface area (TPSA) is 46.2 Å². The molecular weight excluding hydrogens is 262 g/mol. The van der Waals surface area contributed by atoms with Gasteiger partial charge in [-0.3, -0.25) is 0 Å². The standard InChI is InChI=1S/C13H17F4NO/c1-12(2,3)11(19)10(18)8-5-4-7(6-9(8)14)13(15,16)17/h4-6,10-11,19H,18H2,1-3H3/t10-,11-/m0/s1. The molecule has 0 spiro atoms. The number of nitrogens with two attached hydrogens (primary N) is 1. The third-order valence-electron chi connectivity index (χ3n) is 2.91. The van der Waals surface area contributed by atoms with Gasteiger partial charge in [0.1, 0.15) is 5.82 Å².